The Bertz CT molecular complexity index is 493. The summed E-state index contributed by atoms with van der Waals surface area (Å²) in [5.41, 5.74) is 0.226. The Hall–Kier alpha value is -1.43. The van der Waals surface area contributed by atoms with Gasteiger partial charge in [-0.2, -0.15) is 4.52 Å². The third-order valence-electron chi connectivity index (χ3n) is 1.30. The summed E-state index contributed by atoms with van der Waals surface area (Å²) in [6.07, 6.45) is 1.62. The number of H-pyrrole nitrogens is 2. The van der Waals surface area contributed by atoms with E-state index in [-0.39, 0.29) is 10.5 Å². The standard InChI is InChI=1S/C5H4N4OS/c10-5-8-4(11)7-3-1-2-6-9(3)5/h1-2,6H,(H,8,10,11). The van der Waals surface area contributed by atoms with Gasteiger partial charge in [-0.25, -0.2) is 9.78 Å². The maximum Gasteiger partial charge on any atom is 0.348 e. The largest absolute Gasteiger partial charge is 0.348 e. The third kappa shape index (κ3) is 0.874. The van der Waals surface area contributed by atoms with Crippen LogP contribution in [0.4, 0.5) is 0 Å². The molecule has 0 aliphatic heterocycles. The minimum Gasteiger partial charge on any atom is -0.296 e. The van der Waals surface area contributed by atoms with Crippen LogP contribution in [0.2, 0.25) is 0 Å². The van der Waals surface area contributed by atoms with Gasteiger partial charge in [-0.1, -0.05) is 0 Å². The average molecular weight is 168 g/mol. The highest BCUT2D eigenvalue weighted by Gasteiger charge is 1.95. The first-order valence-corrected chi connectivity index (χ1v) is 3.35. The topological polar surface area (TPSA) is 66.0 Å². The van der Waals surface area contributed by atoms with Crippen LogP contribution in [0.3, 0.4) is 0 Å². The summed E-state index contributed by atoms with van der Waals surface area (Å²) in [7, 11) is 0. The molecule has 2 heterocycles. The van der Waals surface area contributed by atoms with E-state index >= 15 is 0 Å². The van der Waals surface area contributed by atoms with Gasteiger partial charge in [0.05, 0.1) is 0 Å². The van der Waals surface area contributed by atoms with E-state index in [9.17, 15) is 4.79 Å². The number of rotatable bonds is 0. The number of nitrogens with zero attached hydrogens (tertiary/aromatic N) is 2. The molecule has 0 amide bonds. The van der Waals surface area contributed by atoms with Crippen molar-refractivity contribution in [2.75, 3.05) is 0 Å². The van der Waals surface area contributed by atoms with Crippen LogP contribution in [0.25, 0.3) is 5.65 Å². The predicted molar refractivity (Wildman–Crippen MR) is 41.0 cm³/mol. The Labute approximate surface area is 65.7 Å². The zero-order valence-electron chi connectivity index (χ0n) is 5.37. The maximum absolute atomic E-state index is 11.0. The minimum atomic E-state index is -0.301. The zero-order valence-corrected chi connectivity index (χ0v) is 6.18. The molecule has 2 rings (SSSR count). The van der Waals surface area contributed by atoms with E-state index in [1.54, 1.807) is 12.3 Å². The van der Waals surface area contributed by atoms with Gasteiger partial charge < -0.3 is 0 Å². The molecule has 0 bridgehead atoms. The van der Waals surface area contributed by atoms with Gasteiger partial charge in [0.15, 0.2) is 5.65 Å². The summed E-state index contributed by atoms with van der Waals surface area (Å²) in [5, 5.41) is 2.68. The molecule has 2 aromatic rings. The van der Waals surface area contributed by atoms with Crippen molar-refractivity contribution in [3.05, 3.63) is 27.5 Å². The lowest BCUT2D eigenvalue weighted by Crippen LogP contribution is -2.18. The molecule has 0 radical (unpaired) electrons. The van der Waals surface area contributed by atoms with Crippen LogP contribution >= 0.6 is 12.2 Å². The molecule has 0 saturated carbocycles. The van der Waals surface area contributed by atoms with Crippen molar-refractivity contribution in [2.45, 2.75) is 0 Å². The van der Waals surface area contributed by atoms with Crippen molar-refractivity contribution in [2.24, 2.45) is 0 Å². The number of aromatic nitrogens is 4. The lowest BCUT2D eigenvalue weighted by molar-refractivity contribution is 0.833. The van der Waals surface area contributed by atoms with E-state index in [1.807, 2.05) is 0 Å². The molecule has 0 saturated heterocycles. The highest BCUT2D eigenvalue weighted by molar-refractivity contribution is 7.71. The van der Waals surface area contributed by atoms with E-state index in [0.29, 0.717) is 5.65 Å². The minimum absolute atomic E-state index is 0.203. The summed E-state index contributed by atoms with van der Waals surface area (Å²) >= 11 is 4.70. The summed E-state index contributed by atoms with van der Waals surface area (Å²) in [4.78, 5) is 17.3. The molecule has 0 spiro atoms. The van der Waals surface area contributed by atoms with Crippen LogP contribution in [-0.4, -0.2) is 19.6 Å². The third-order valence-corrected chi connectivity index (χ3v) is 1.49. The SMILES string of the molecule is O=c1[nH]c(=S)nc2cc[nH]n12. The normalized spacial score (nSPS) is 10.5. The Morgan fingerprint density at radius 1 is 1.64 bits per heavy atom. The molecule has 0 fully saturated rings. The molecular formula is C5H4N4OS. The lowest BCUT2D eigenvalue weighted by atomic mass is 10.7. The van der Waals surface area contributed by atoms with Crippen molar-refractivity contribution >= 4 is 17.9 Å². The predicted octanol–water partition coefficient (Wildman–Crippen LogP) is 0.0802. The second-order valence-electron chi connectivity index (χ2n) is 2.00. The summed E-state index contributed by atoms with van der Waals surface area (Å²) in [5.74, 6) is 0. The molecule has 6 heteroatoms. The zero-order chi connectivity index (χ0) is 7.84. The van der Waals surface area contributed by atoms with Crippen molar-refractivity contribution in [1.82, 2.24) is 19.6 Å². The lowest BCUT2D eigenvalue weighted by Gasteiger charge is -1.88. The molecular weight excluding hydrogens is 164 g/mol. The van der Waals surface area contributed by atoms with E-state index in [2.05, 4.69) is 15.1 Å². The molecule has 2 N–H and O–H groups in total. The molecule has 0 aliphatic carbocycles. The Morgan fingerprint density at radius 3 is 3.27 bits per heavy atom. The van der Waals surface area contributed by atoms with Gasteiger partial charge >= 0.3 is 5.69 Å². The summed E-state index contributed by atoms with van der Waals surface area (Å²) in [6.45, 7) is 0. The van der Waals surface area contributed by atoms with E-state index < -0.39 is 0 Å². The molecule has 56 valence electrons. The highest BCUT2D eigenvalue weighted by atomic mass is 32.1. The number of nitrogens with one attached hydrogen (secondary N) is 2. The molecule has 0 aromatic carbocycles. The van der Waals surface area contributed by atoms with Crippen molar-refractivity contribution in [1.29, 1.82) is 0 Å². The number of aromatic amines is 2. The second kappa shape index (κ2) is 2.03. The van der Waals surface area contributed by atoms with E-state index in [1.165, 1.54) is 4.52 Å². The van der Waals surface area contributed by atoms with E-state index in [0.717, 1.165) is 0 Å². The van der Waals surface area contributed by atoms with Crippen LogP contribution < -0.4 is 5.69 Å². The molecule has 0 aliphatic rings. The number of fused-ring (bicyclic) bond motifs is 1. The van der Waals surface area contributed by atoms with Gasteiger partial charge in [0, 0.05) is 12.3 Å². The molecule has 0 atom stereocenters. The fourth-order valence-corrected chi connectivity index (χ4v) is 1.04. The van der Waals surface area contributed by atoms with Gasteiger partial charge in [-0.15, -0.1) is 0 Å². The smallest absolute Gasteiger partial charge is 0.296 e. The van der Waals surface area contributed by atoms with Gasteiger partial charge in [-0.05, 0) is 12.2 Å². The molecule has 0 unspecified atom stereocenters. The van der Waals surface area contributed by atoms with E-state index in [4.69, 9.17) is 12.2 Å². The molecule has 2 aromatic heterocycles. The first kappa shape index (κ1) is 6.29. The van der Waals surface area contributed by atoms with Crippen molar-refractivity contribution < 1.29 is 0 Å². The second-order valence-corrected chi connectivity index (χ2v) is 2.39. The Morgan fingerprint density at radius 2 is 2.45 bits per heavy atom. The highest BCUT2D eigenvalue weighted by Crippen LogP contribution is 1.89. The average Bonchev–Trinajstić information content (AvgIpc) is 2.34. The van der Waals surface area contributed by atoms with Crippen LogP contribution in [0.15, 0.2) is 17.1 Å². The molecule has 11 heavy (non-hydrogen) atoms. The number of hydrogen-bond donors (Lipinski definition) is 2. The maximum atomic E-state index is 11.0. The Balaban J connectivity index is 3.15. The van der Waals surface area contributed by atoms with Crippen LogP contribution in [0, 0.1) is 4.77 Å². The first-order chi connectivity index (χ1) is 5.27. The fraction of sp³-hybridized carbons (Fsp3) is 0. The van der Waals surface area contributed by atoms with Gasteiger partial charge in [0.1, 0.15) is 0 Å². The van der Waals surface area contributed by atoms with Crippen LogP contribution in [0.5, 0.6) is 0 Å². The van der Waals surface area contributed by atoms with Crippen molar-refractivity contribution in [3.63, 3.8) is 0 Å². The van der Waals surface area contributed by atoms with Gasteiger partial charge in [0.25, 0.3) is 0 Å². The number of hydrogen-bond acceptors (Lipinski definition) is 3. The monoisotopic (exact) mass is 168 g/mol. The fourth-order valence-electron chi connectivity index (χ4n) is 0.856. The van der Waals surface area contributed by atoms with Gasteiger partial charge in [-0.3, -0.25) is 10.1 Å². The molecule has 5 nitrogen and oxygen atoms in total. The first-order valence-electron chi connectivity index (χ1n) is 2.94. The summed E-state index contributed by atoms with van der Waals surface area (Å²) < 4.78 is 1.48. The van der Waals surface area contributed by atoms with Crippen LogP contribution in [0.1, 0.15) is 0 Å². The quantitative estimate of drug-likeness (QED) is 0.547. The van der Waals surface area contributed by atoms with Gasteiger partial charge in [0.2, 0.25) is 4.77 Å². The van der Waals surface area contributed by atoms with Crippen LogP contribution in [-0.2, 0) is 0 Å². The van der Waals surface area contributed by atoms with Crippen molar-refractivity contribution in [3.8, 4) is 0 Å². The summed E-state index contributed by atoms with van der Waals surface area (Å²) in [6, 6.07) is 1.67. The Kier molecular flexibility index (Phi) is 1.16.